The highest BCUT2D eigenvalue weighted by atomic mass is 32.2. The van der Waals surface area contributed by atoms with Crippen LogP contribution in [0.25, 0.3) is 198 Å². The van der Waals surface area contributed by atoms with Gasteiger partial charge in [-0.05, 0) is 144 Å². The van der Waals surface area contributed by atoms with Gasteiger partial charge in [-0.1, -0.05) is 369 Å². The van der Waals surface area contributed by atoms with Gasteiger partial charge >= 0.3 is 0 Å². The quantitative estimate of drug-likeness (QED) is 0.137. The number of hydrogen-bond donors (Lipinski definition) is 0. The van der Waals surface area contributed by atoms with Crippen molar-refractivity contribution in [3.63, 3.8) is 0 Å². The number of benzene rings is 16. The van der Waals surface area contributed by atoms with Crippen molar-refractivity contribution in [3.8, 4) is 61.7 Å². The monoisotopic (exact) mass is 1870 g/mol. The van der Waals surface area contributed by atoms with Crippen molar-refractivity contribution in [2.75, 3.05) is 14.7 Å². The van der Waals surface area contributed by atoms with E-state index in [0.29, 0.717) is 17.8 Å². The molecule has 142 heavy (non-hydrogen) atoms. The molecule has 0 saturated heterocycles. The molecule has 3 aliphatic rings. The van der Waals surface area contributed by atoms with Gasteiger partial charge in [0.15, 0.2) is 0 Å². The predicted octanol–water partition coefficient (Wildman–Crippen LogP) is 34.1. The number of pyridine rings is 3. The van der Waals surface area contributed by atoms with Crippen molar-refractivity contribution < 1.29 is 0 Å². The zero-order valence-corrected chi connectivity index (χ0v) is 78.3. The molecule has 3 aliphatic heterocycles. The van der Waals surface area contributed by atoms with E-state index in [9.17, 15) is 0 Å². The number of hydrogen-bond acceptors (Lipinski definition) is 12. The fraction of sp³-hybridized carbons (Fsp3) is 0. The lowest BCUT2D eigenvalue weighted by Crippen LogP contribution is -2.17. The Balaban J connectivity index is 0.000000102. The van der Waals surface area contributed by atoms with Gasteiger partial charge in [0, 0.05) is 96.3 Å². The lowest BCUT2D eigenvalue weighted by atomic mass is 10.0. The molecule has 0 fully saturated rings. The predicted molar refractivity (Wildman–Crippen MR) is 588 cm³/mol. The average Bonchev–Trinajstić information content (AvgIpc) is 1.54. The number of aromatic nitrogens is 10. The molecule has 0 amide bonds. The largest absolute Gasteiger partial charge is 0.309 e. The molecule has 0 saturated carbocycles. The van der Waals surface area contributed by atoms with Gasteiger partial charge in [-0.15, -0.1) is 0 Å². The van der Waals surface area contributed by atoms with Crippen LogP contribution in [0.5, 0.6) is 0 Å². The molecule has 16 heteroatoms. The lowest BCUT2D eigenvalue weighted by Gasteiger charge is -2.30. The van der Waals surface area contributed by atoms with Crippen LogP contribution in [0, 0.1) is 0 Å². The Hall–Kier alpha value is -17.9. The number of para-hydroxylation sites is 6. The van der Waals surface area contributed by atoms with E-state index >= 15 is 0 Å². The van der Waals surface area contributed by atoms with Gasteiger partial charge in [0.05, 0.1) is 143 Å². The second-order valence-corrected chi connectivity index (χ2v) is 39.5. The topological polar surface area (TPSA) is 105 Å². The third-order valence-electron chi connectivity index (χ3n) is 28.5. The van der Waals surface area contributed by atoms with Gasteiger partial charge in [-0.3, -0.25) is 14.7 Å². The Morgan fingerprint density at radius 3 is 0.972 bits per heavy atom. The Kier molecular flexibility index (Phi) is 18.0. The summed E-state index contributed by atoms with van der Waals surface area (Å²) in [6.45, 7) is 0. The molecular weight excluding hydrogens is 1790 g/mol. The van der Waals surface area contributed by atoms with E-state index in [1.807, 2.05) is 53.5 Å². The van der Waals surface area contributed by atoms with Crippen molar-refractivity contribution >= 4 is 224 Å². The van der Waals surface area contributed by atoms with E-state index in [2.05, 4.69) is 469 Å². The summed E-state index contributed by atoms with van der Waals surface area (Å²) in [7, 11) is 0. The second-order valence-electron chi connectivity index (χ2n) is 36.3. The van der Waals surface area contributed by atoms with Gasteiger partial charge in [-0.25, -0.2) is 29.9 Å². The second kappa shape index (κ2) is 31.8. The van der Waals surface area contributed by atoms with Crippen LogP contribution >= 0.6 is 35.3 Å². The molecular formula is C126H75N13S3. The maximum Gasteiger partial charge on any atom is 0.235 e. The fourth-order valence-electron chi connectivity index (χ4n) is 22.4. The van der Waals surface area contributed by atoms with Crippen LogP contribution in [0.1, 0.15) is 0 Å². The molecule has 662 valence electrons. The fourth-order valence-corrected chi connectivity index (χ4v) is 26.1. The summed E-state index contributed by atoms with van der Waals surface area (Å²) in [5.74, 6) is 2.00. The van der Waals surface area contributed by atoms with Crippen LogP contribution in [0.15, 0.2) is 484 Å². The summed E-state index contributed by atoms with van der Waals surface area (Å²) in [6.07, 6.45) is 0. The van der Waals surface area contributed by atoms with E-state index in [1.165, 1.54) is 139 Å². The van der Waals surface area contributed by atoms with Gasteiger partial charge in [0.25, 0.3) is 0 Å². The molecule has 29 aromatic rings. The molecule has 13 aromatic heterocycles. The average molecular weight is 1870 g/mol. The number of anilines is 9. The first-order chi connectivity index (χ1) is 70.5. The van der Waals surface area contributed by atoms with E-state index in [0.717, 1.165) is 122 Å². The summed E-state index contributed by atoms with van der Waals surface area (Å²) in [5, 5.41) is 13.1. The van der Waals surface area contributed by atoms with Gasteiger partial charge in [-0.2, -0.15) is 0 Å². The number of rotatable bonds is 9. The molecule has 0 aliphatic carbocycles. The molecule has 0 atom stereocenters. The highest BCUT2D eigenvalue weighted by Crippen LogP contribution is 2.63. The summed E-state index contributed by atoms with van der Waals surface area (Å²) >= 11 is 5.54. The van der Waals surface area contributed by atoms with Crippen molar-refractivity contribution in [2.45, 2.75) is 29.4 Å². The van der Waals surface area contributed by atoms with Gasteiger partial charge in [0.2, 0.25) is 17.8 Å². The minimum atomic E-state index is 0.654. The molecule has 0 N–H and O–H groups in total. The highest BCUT2D eigenvalue weighted by Gasteiger charge is 2.40. The normalized spacial score (nSPS) is 12.8. The highest BCUT2D eigenvalue weighted by molar-refractivity contribution is 8.00. The maximum atomic E-state index is 5.48. The molecule has 0 spiro atoms. The first-order valence-corrected chi connectivity index (χ1v) is 50.2. The SMILES string of the molecule is c1ccc(-c2ccc3c(c2)Sc2c(c4cccc5c6ccccc6c2n45)N3c2nc(-c3ccccc3)c3ccccc3n2)cc1.c1ccc(-c2nc(N3c4ccc(-c5ccc6c(c5)c5ccccc5n6-c5ccccc5)cc4Sc4c3c3c5ccccc5c5cccc4n53)nc3ccccc23)cc1.c1ccc(-c2nc(N3c4ccccc4Sc4c3c3cccc5c6ccccc6c4n35)nc3ccccc23)cc1. The van der Waals surface area contributed by atoms with Crippen molar-refractivity contribution in [3.05, 3.63) is 455 Å². The van der Waals surface area contributed by atoms with Crippen LogP contribution in [-0.2, 0) is 0 Å². The molecule has 0 unspecified atom stereocenters. The summed E-state index contributed by atoms with van der Waals surface area (Å²) < 4.78 is 9.66. The minimum absolute atomic E-state index is 0.654. The van der Waals surface area contributed by atoms with Crippen LogP contribution in [0.4, 0.5) is 52.0 Å². The Morgan fingerprint density at radius 2 is 0.493 bits per heavy atom. The molecule has 0 radical (unpaired) electrons. The standard InChI is InChI=1S/C52H31N5S.C40H24N4S.C34H20N4S/c1-3-14-32(15-4-1)48-39-21-9-11-22-41(39)53-52(54-48)57-45-29-27-34(33-26-28-44-40(30-33)37-19-10-12-23-42(37)55(44)35-16-5-2-6-17-35)31-47(45)58-51-46-25-13-24-43-36-18-7-8-20-38(36)49(50(51)57)56(43)46;1-3-12-25(13-4-1)27-22-23-33-35(24-27)45-39-37-29-17-8-7-16-28(29)32-20-11-21-34(43(32)37)38(39)44(33)40-41-31-19-10-9-18-30(31)36(42-40)26-14-5-2-6-15-26;1-2-11-21(12-3-1)30-24-15-6-7-16-25(24)35-34(36-30)38-27-17-8-9-20-29(27)39-33-31-23-14-5-4-13-22(23)26-18-10-19-28(32(33)38)37(26)31/h1-31H;1-24H;1-20H. The molecule has 16 heterocycles. The van der Waals surface area contributed by atoms with E-state index in [-0.39, 0.29) is 0 Å². The van der Waals surface area contributed by atoms with E-state index in [4.69, 9.17) is 29.9 Å². The van der Waals surface area contributed by atoms with E-state index < -0.39 is 0 Å². The summed E-state index contributed by atoms with van der Waals surface area (Å²) in [4.78, 5) is 46.0. The van der Waals surface area contributed by atoms with E-state index in [1.54, 1.807) is 0 Å². The van der Waals surface area contributed by atoms with Crippen molar-refractivity contribution in [2.24, 2.45) is 0 Å². The molecule has 16 aromatic carbocycles. The number of nitrogens with zero attached hydrogens (tertiary/aromatic N) is 13. The van der Waals surface area contributed by atoms with Crippen molar-refractivity contribution in [1.29, 1.82) is 0 Å². The first-order valence-electron chi connectivity index (χ1n) is 47.7. The molecule has 13 nitrogen and oxygen atoms in total. The Morgan fingerprint density at radius 1 is 0.176 bits per heavy atom. The van der Waals surface area contributed by atoms with Crippen molar-refractivity contribution in [1.82, 2.24) is 47.7 Å². The zero-order chi connectivity index (χ0) is 92.9. The third-order valence-corrected chi connectivity index (χ3v) is 31.9. The van der Waals surface area contributed by atoms with Gasteiger partial charge in [0.1, 0.15) is 0 Å². The van der Waals surface area contributed by atoms with Gasteiger partial charge < -0.3 is 17.8 Å². The first kappa shape index (κ1) is 80.2. The maximum absolute atomic E-state index is 5.48. The zero-order valence-electron chi connectivity index (χ0n) is 75.8. The molecule has 0 bridgehead atoms. The lowest BCUT2D eigenvalue weighted by molar-refractivity contribution is 1.08. The Bertz CT molecular complexity index is 10200. The van der Waals surface area contributed by atoms with Crippen LogP contribution in [0.3, 0.4) is 0 Å². The summed E-state index contributed by atoms with van der Waals surface area (Å²) in [6, 6.07) is 162. The third kappa shape index (κ3) is 12.2. The number of fused-ring (bicyclic) bond motifs is 27. The molecule has 32 rings (SSSR count). The Labute approximate surface area is 825 Å². The minimum Gasteiger partial charge on any atom is -0.309 e. The van der Waals surface area contributed by atoms with Crippen LogP contribution in [0.2, 0.25) is 0 Å². The summed E-state index contributed by atoms with van der Waals surface area (Å²) in [5.41, 5.74) is 34.5. The van der Waals surface area contributed by atoms with Crippen LogP contribution < -0.4 is 14.7 Å². The van der Waals surface area contributed by atoms with Crippen LogP contribution in [-0.4, -0.2) is 47.7 Å². The smallest absolute Gasteiger partial charge is 0.235 e.